The third kappa shape index (κ3) is 6.34. The van der Waals surface area contributed by atoms with Gasteiger partial charge < -0.3 is 14.8 Å². The van der Waals surface area contributed by atoms with Gasteiger partial charge in [0.1, 0.15) is 0 Å². The van der Waals surface area contributed by atoms with Crippen molar-refractivity contribution in [2.45, 2.75) is 32.6 Å². The molecule has 0 aliphatic carbocycles. The van der Waals surface area contributed by atoms with Crippen molar-refractivity contribution in [1.29, 1.82) is 0 Å². The van der Waals surface area contributed by atoms with Gasteiger partial charge in [0.2, 0.25) is 5.91 Å². The second-order valence-corrected chi connectivity index (χ2v) is 4.80. The molecule has 1 rings (SSSR count). The van der Waals surface area contributed by atoms with Crippen molar-refractivity contribution in [3.05, 3.63) is 29.8 Å². The first-order chi connectivity index (χ1) is 10.2. The first-order valence-electron chi connectivity index (χ1n) is 7.39. The molecule has 0 saturated carbocycles. The number of unbranched alkanes of at least 4 members (excludes halogenated alkanes) is 3. The molecule has 1 amide bonds. The molecule has 1 aromatic rings. The standard InChI is InChI=1S/C17H25NO3/c1-4-5-6-7-12-18-17(19)11-9-14-8-10-15(20-2)16(13-14)21-3/h8-11,13H,4-7,12H2,1-3H3,(H,18,19)/b11-9+. The van der Waals surface area contributed by atoms with Crippen LogP contribution in [0, 0.1) is 0 Å². The molecule has 0 heterocycles. The molecule has 0 spiro atoms. The van der Waals surface area contributed by atoms with Crippen molar-refractivity contribution in [2.75, 3.05) is 20.8 Å². The minimum Gasteiger partial charge on any atom is -0.493 e. The summed E-state index contributed by atoms with van der Waals surface area (Å²) in [5.41, 5.74) is 0.897. The largest absolute Gasteiger partial charge is 0.493 e. The average molecular weight is 291 g/mol. The van der Waals surface area contributed by atoms with Gasteiger partial charge in [-0.25, -0.2) is 0 Å². The Morgan fingerprint density at radius 1 is 1.14 bits per heavy atom. The van der Waals surface area contributed by atoms with Crippen molar-refractivity contribution < 1.29 is 14.3 Å². The van der Waals surface area contributed by atoms with Gasteiger partial charge in [-0.2, -0.15) is 0 Å². The summed E-state index contributed by atoms with van der Waals surface area (Å²) in [6.45, 7) is 2.90. The van der Waals surface area contributed by atoms with Gasteiger partial charge in [-0.1, -0.05) is 32.3 Å². The highest BCUT2D eigenvalue weighted by atomic mass is 16.5. The molecular weight excluding hydrogens is 266 g/mol. The Bertz CT molecular complexity index is 469. The number of amides is 1. The van der Waals surface area contributed by atoms with Gasteiger partial charge in [0.15, 0.2) is 11.5 Å². The zero-order valence-electron chi connectivity index (χ0n) is 13.1. The van der Waals surface area contributed by atoms with E-state index in [4.69, 9.17) is 9.47 Å². The van der Waals surface area contributed by atoms with E-state index in [9.17, 15) is 4.79 Å². The Kier molecular flexibility index (Phi) is 8.02. The molecule has 0 bridgehead atoms. The number of rotatable bonds is 9. The Balaban J connectivity index is 2.46. The Hall–Kier alpha value is -1.97. The zero-order chi connectivity index (χ0) is 15.5. The minimum absolute atomic E-state index is 0.0683. The molecular formula is C17H25NO3. The molecule has 4 nitrogen and oxygen atoms in total. The fourth-order valence-electron chi connectivity index (χ4n) is 1.95. The molecule has 0 aliphatic rings. The SMILES string of the molecule is CCCCCCNC(=O)/C=C/c1ccc(OC)c(OC)c1. The third-order valence-electron chi connectivity index (χ3n) is 3.16. The molecule has 1 N–H and O–H groups in total. The summed E-state index contributed by atoms with van der Waals surface area (Å²) in [6, 6.07) is 5.54. The van der Waals surface area contributed by atoms with E-state index in [1.165, 1.54) is 12.8 Å². The van der Waals surface area contributed by atoms with E-state index in [1.807, 2.05) is 18.2 Å². The summed E-state index contributed by atoms with van der Waals surface area (Å²) in [5, 5.41) is 2.88. The fraction of sp³-hybridized carbons (Fsp3) is 0.471. The van der Waals surface area contributed by atoms with Crippen LogP contribution in [-0.2, 0) is 4.79 Å². The number of methoxy groups -OCH3 is 2. The van der Waals surface area contributed by atoms with E-state index in [2.05, 4.69) is 12.2 Å². The predicted molar refractivity (Wildman–Crippen MR) is 85.7 cm³/mol. The van der Waals surface area contributed by atoms with Gasteiger partial charge in [-0.05, 0) is 30.2 Å². The van der Waals surface area contributed by atoms with Crippen molar-refractivity contribution >= 4 is 12.0 Å². The van der Waals surface area contributed by atoms with Crippen LogP contribution in [0.4, 0.5) is 0 Å². The highest BCUT2D eigenvalue weighted by Gasteiger charge is 2.03. The van der Waals surface area contributed by atoms with Crippen LogP contribution >= 0.6 is 0 Å². The van der Waals surface area contributed by atoms with E-state index in [1.54, 1.807) is 26.4 Å². The molecule has 0 fully saturated rings. The fourth-order valence-corrected chi connectivity index (χ4v) is 1.95. The zero-order valence-corrected chi connectivity index (χ0v) is 13.1. The first kappa shape index (κ1) is 17.1. The van der Waals surface area contributed by atoms with Crippen molar-refractivity contribution in [3.63, 3.8) is 0 Å². The molecule has 0 atom stereocenters. The Morgan fingerprint density at radius 2 is 1.90 bits per heavy atom. The summed E-state index contributed by atoms with van der Waals surface area (Å²) in [7, 11) is 3.19. The number of carbonyl (C=O) groups is 1. The topological polar surface area (TPSA) is 47.6 Å². The van der Waals surface area contributed by atoms with Crippen LogP contribution in [0.15, 0.2) is 24.3 Å². The van der Waals surface area contributed by atoms with E-state index in [0.29, 0.717) is 11.5 Å². The average Bonchev–Trinajstić information content (AvgIpc) is 2.52. The molecule has 0 unspecified atom stereocenters. The van der Waals surface area contributed by atoms with E-state index < -0.39 is 0 Å². The van der Waals surface area contributed by atoms with Crippen LogP contribution in [0.25, 0.3) is 6.08 Å². The second kappa shape index (κ2) is 9.86. The van der Waals surface area contributed by atoms with Gasteiger partial charge in [-0.15, -0.1) is 0 Å². The van der Waals surface area contributed by atoms with Gasteiger partial charge >= 0.3 is 0 Å². The van der Waals surface area contributed by atoms with Gasteiger partial charge in [-0.3, -0.25) is 4.79 Å². The summed E-state index contributed by atoms with van der Waals surface area (Å²) in [4.78, 5) is 11.7. The van der Waals surface area contributed by atoms with Crippen LogP contribution < -0.4 is 14.8 Å². The lowest BCUT2D eigenvalue weighted by Gasteiger charge is -2.07. The van der Waals surface area contributed by atoms with Gasteiger partial charge in [0.25, 0.3) is 0 Å². The van der Waals surface area contributed by atoms with Crippen LogP contribution in [0.5, 0.6) is 11.5 Å². The van der Waals surface area contributed by atoms with Crippen LogP contribution in [-0.4, -0.2) is 26.7 Å². The molecule has 116 valence electrons. The molecule has 4 heteroatoms. The highest BCUT2D eigenvalue weighted by molar-refractivity contribution is 5.91. The quantitative estimate of drug-likeness (QED) is 0.560. The maximum atomic E-state index is 11.7. The van der Waals surface area contributed by atoms with Crippen LogP contribution in [0.2, 0.25) is 0 Å². The van der Waals surface area contributed by atoms with Crippen molar-refractivity contribution in [1.82, 2.24) is 5.32 Å². The van der Waals surface area contributed by atoms with Crippen LogP contribution in [0.1, 0.15) is 38.2 Å². The Labute approximate surface area is 127 Å². The number of hydrogen-bond donors (Lipinski definition) is 1. The second-order valence-electron chi connectivity index (χ2n) is 4.80. The number of benzene rings is 1. The first-order valence-corrected chi connectivity index (χ1v) is 7.39. The van der Waals surface area contributed by atoms with Gasteiger partial charge in [0.05, 0.1) is 14.2 Å². The number of carbonyl (C=O) groups excluding carboxylic acids is 1. The maximum absolute atomic E-state index is 11.7. The lowest BCUT2D eigenvalue weighted by atomic mass is 10.2. The minimum atomic E-state index is -0.0683. The summed E-state index contributed by atoms with van der Waals surface area (Å²) in [6.07, 6.45) is 7.93. The predicted octanol–water partition coefficient (Wildman–Crippen LogP) is 3.41. The van der Waals surface area contributed by atoms with E-state index in [0.717, 1.165) is 24.9 Å². The molecule has 0 saturated heterocycles. The lowest BCUT2D eigenvalue weighted by molar-refractivity contribution is -0.116. The molecule has 21 heavy (non-hydrogen) atoms. The monoisotopic (exact) mass is 291 g/mol. The summed E-state index contributed by atoms with van der Waals surface area (Å²) < 4.78 is 10.4. The summed E-state index contributed by atoms with van der Waals surface area (Å²) >= 11 is 0. The smallest absolute Gasteiger partial charge is 0.243 e. The lowest BCUT2D eigenvalue weighted by Crippen LogP contribution is -2.21. The van der Waals surface area contributed by atoms with Crippen molar-refractivity contribution in [3.8, 4) is 11.5 Å². The third-order valence-corrected chi connectivity index (χ3v) is 3.16. The molecule has 1 aromatic carbocycles. The molecule has 0 aliphatic heterocycles. The molecule has 0 aromatic heterocycles. The maximum Gasteiger partial charge on any atom is 0.243 e. The molecule has 0 radical (unpaired) electrons. The normalized spacial score (nSPS) is 10.6. The number of nitrogens with one attached hydrogen (secondary N) is 1. The van der Waals surface area contributed by atoms with E-state index in [-0.39, 0.29) is 5.91 Å². The van der Waals surface area contributed by atoms with Crippen LogP contribution in [0.3, 0.4) is 0 Å². The van der Waals surface area contributed by atoms with Crippen molar-refractivity contribution in [2.24, 2.45) is 0 Å². The summed E-state index contributed by atoms with van der Waals surface area (Å²) in [5.74, 6) is 1.26. The number of hydrogen-bond acceptors (Lipinski definition) is 3. The Morgan fingerprint density at radius 3 is 2.57 bits per heavy atom. The van der Waals surface area contributed by atoms with Gasteiger partial charge in [0, 0.05) is 12.6 Å². The van der Waals surface area contributed by atoms with E-state index >= 15 is 0 Å². The number of ether oxygens (including phenoxy) is 2. The highest BCUT2D eigenvalue weighted by Crippen LogP contribution is 2.27.